The number of urea groups is 1. The molecule has 1 fully saturated rings. The average molecular weight is 353 g/mol. The highest BCUT2D eigenvalue weighted by molar-refractivity contribution is 5.74. The predicted octanol–water partition coefficient (Wildman–Crippen LogP) is 3.25. The smallest absolute Gasteiger partial charge is 0.317 e. The van der Waals surface area contributed by atoms with E-state index < -0.39 is 0 Å². The second-order valence-electron chi connectivity index (χ2n) is 6.37. The molecule has 2 aromatic rings. The largest absolute Gasteiger partial charge is 0.377 e. The van der Waals surface area contributed by atoms with E-state index in [1.165, 1.54) is 5.69 Å². The first kappa shape index (κ1) is 18.3. The van der Waals surface area contributed by atoms with E-state index in [1.54, 1.807) is 0 Å². The van der Waals surface area contributed by atoms with Gasteiger partial charge in [-0.3, -0.25) is 0 Å². The van der Waals surface area contributed by atoms with Crippen LogP contribution in [-0.2, 0) is 17.9 Å². The third-order valence-corrected chi connectivity index (χ3v) is 4.70. The van der Waals surface area contributed by atoms with Crippen molar-refractivity contribution in [3.8, 4) is 0 Å². The Hall–Kier alpha value is -2.53. The number of piperazine rings is 1. The van der Waals surface area contributed by atoms with Crippen LogP contribution in [0.15, 0.2) is 54.6 Å². The molecule has 0 aliphatic carbocycles. The van der Waals surface area contributed by atoms with Gasteiger partial charge in [-0.15, -0.1) is 0 Å². The Morgan fingerprint density at radius 2 is 1.62 bits per heavy atom. The van der Waals surface area contributed by atoms with Gasteiger partial charge >= 0.3 is 6.03 Å². The van der Waals surface area contributed by atoms with Gasteiger partial charge in [0.1, 0.15) is 0 Å². The molecule has 0 unspecified atom stereocenters. The van der Waals surface area contributed by atoms with Crippen LogP contribution in [0.3, 0.4) is 0 Å². The molecule has 2 amide bonds. The van der Waals surface area contributed by atoms with E-state index in [9.17, 15) is 4.79 Å². The third kappa shape index (κ3) is 4.76. The molecule has 1 N–H and O–H groups in total. The van der Waals surface area contributed by atoms with Crippen molar-refractivity contribution in [1.82, 2.24) is 10.2 Å². The maximum absolute atomic E-state index is 12.5. The Morgan fingerprint density at radius 3 is 2.31 bits per heavy atom. The van der Waals surface area contributed by atoms with Crippen molar-refractivity contribution in [2.24, 2.45) is 0 Å². The van der Waals surface area contributed by atoms with Crippen LogP contribution in [0.25, 0.3) is 0 Å². The van der Waals surface area contributed by atoms with Gasteiger partial charge in [0.2, 0.25) is 0 Å². The Morgan fingerprint density at radius 1 is 0.962 bits per heavy atom. The van der Waals surface area contributed by atoms with Crippen molar-refractivity contribution in [2.75, 3.05) is 37.7 Å². The van der Waals surface area contributed by atoms with Gasteiger partial charge in [-0.25, -0.2) is 4.79 Å². The van der Waals surface area contributed by atoms with Crippen LogP contribution in [0.5, 0.6) is 0 Å². The van der Waals surface area contributed by atoms with Crippen LogP contribution in [0, 0.1) is 0 Å². The first-order valence-electron chi connectivity index (χ1n) is 9.25. The zero-order valence-electron chi connectivity index (χ0n) is 15.4. The number of nitrogens with one attached hydrogen (secondary N) is 1. The minimum atomic E-state index is 0.00363. The molecule has 0 aromatic heterocycles. The summed E-state index contributed by atoms with van der Waals surface area (Å²) in [7, 11) is 0. The van der Waals surface area contributed by atoms with Crippen molar-refractivity contribution >= 4 is 11.7 Å². The summed E-state index contributed by atoms with van der Waals surface area (Å²) in [6.07, 6.45) is 0. The summed E-state index contributed by atoms with van der Waals surface area (Å²) >= 11 is 0. The molecule has 0 bridgehead atoms. The molecule has 0 spiro atoms. The maximum Gasteiger partial charge on any atom is 0.317 e. The Bertz CT molecular complexity index is 697. The standard InChI is InChI=1S/C21H27N3O2/c1-2-26-17-19-9-7-6-8-18(19)16-22-21(25)24-14-12-23(13-15-24)20-10-4-3-5-11-20/h3-11H,2,12-17H2,1H3,(H,22,25). The van der Waals surface area contributed by atoms with Gasteiger partial charge in [-0.1, -0.05) is 42.5 Å². The van der Waals surface area contributed by atoms with Crippen molar-refractivity contribution in [1.29, 1.82) is 0 Å². The lowest BCUT2D eigenvalue weighted by atomic mass is 10.1. The summed E-state index contributed by atoms with van der Waals surface area (Å²) < 4.78 is 5.51. The predicted molar refractivity (Wildman–Crippen MR) is 104 cm³/mol. The van der Waals surface area contributed by atoms with Gasteiger partial charge in [-0.05, 0) is 30.2 Å². The van der Waals surface area contributed by atoms with Crippen LogP contribution in [-0.4, -0.2) is 43.7 Å². The number of nitrogens with zero attached hydrogens (tertiary/aromatic N) is 2. The number of carbonyl (C=O) groups excluding carboxylic acids is 1. The van der Waals surface area contributed by atoms with E-state index >= 15 is 0 Å². The van der Waals surface area contributed by atoms with E-state index in [-0.39, 0.29) is 6.03 Å². The summed E-state index contributed by atoms with van der Waals surface area (Å²) in [5.41, 5.74) is 3.46. The zero-order valence-corrected chi connectivity index (χ0v) is 15.4. The number of amides is 2. The number of carbonyl (C=O) groups is 1. The summed E-state index contributed by atoms with van der Waals surface area (Å²) in [5.74, 6) is 0. The molecule has 1 heterocycles. The van der Waals surface area contributed by atoms with Gasteiger partial charge in [0, 0.05) is 45.0 Å². The third-order valence-electron chi connectivity index (χ3n) is 4.70. The Balaban J connectivity index is 1.49. The monoisotopic (exact) mass is 353 g/mol. The lowest BCUT2D eigenvalue weighted by Crippen LogP contribution is -2.51. The van der Waals surface area contributed by atoms with Gasteiger partial charge in [0.25, 0.3) is 0 Å². The van der Waals surface area contributed by atoms with E-state index in [0.29, 0.717) is 19.8 Å². The summed E-state index contributed by atoms with van der Waals surface area (Å²) in [4.78, 5) is 16.7. The Labute approximate surface area is 155 Å². The number of anilines is 1. The summed E-state index contributed by atoms with van der Waals surface area (Å²) in [6.45, 7) is 6.98. The number of para-hydroxylation sites is 1. The van der Waals surface area contributed by atoms with Gasteiger partial charge in [0.15, 0.2) is 0 Å². The molecule has 1 aliphatic heterocycles. The first-order valence-corrected chi connectivity index (χ1v) is 9.25. The number of ether oxygens (including phenoxy) is 1. The topological polar surface area (TPSA) is 44.8 Å². The van der Waals surface area contributed by atoms with Crippen LogP contribution in [0.1, 0.15) is 18.1 Å². The lowest BCUT2D eigenvalue weighted by molar-refractivity contribution is 0.133. The SMILES string of the molecule is CCOCc1ccccc1CNC(=O)N1CCN(c2ccccc2)CC1. The molecular weight excluding hydrogens is 326 g/mol. The number of hydrogen-bond donors (Lipinski definition) is 1. The molecule has 0 saturated carbocycles. The number of benzene rings is 2. The molecule has 1 saturated heterocycles. The van der Waals surface area contributed by atoms with Crippen LogP contribution < -0.4 is 10.2 Å². The van der Waals surface area contributed by atoms with E-state index in [1.807, 2.05) is 48.2 Å². The van der Waals surface area contributed by atoms with Gasteiger partial charge < -0.3 is 19.9 Å². The highest BCUT2D eigenvalue weighted by Crippen LogP contribution is 2.16. The molecule has 26 heavy (non-hydrogen) atoms. The molecule has 138 valence electrons. The second kappa shape index (κ2) is 9.25. The molecule has 2 aromatic carbocycles. The molecule has 5 heteroatoms. The Kier molecular flexibility index (Phi) is 6.50. The van der Waals surface area contributed by atoms with Crippen molar-refractivity contribution in [3.63, 3.8) is 0 Å². The fourth-order valence-corrected chi connectivity index (χ4v) is 3.17. The molecule has 5 nitrogen and oxygen atoms in total. The molecule has 0 atom stereocenters. The van der Waals surface area contributed by atoms with Crippen LogP contribution in [0.2, 0.25) is 0 Å². The second-order valence-corrected chi connectivity index (χ2v) is 6.37. The minimum absolute atomic E-state index is 0.00363. The van der Waals surface area contributed by atoms with Crippen molar-refractivity contribution in [3.05, 3.63) is 65.7 Å². The van der Waals surface area contributed by atoms with Crippen molar-refractivity contribution in [2.45, 2.75) is 20.1 Å². The fraction of sp³-hybridized carbons (Fsp3) is 0.381. The van der Waals surface area contributed by atoms with Crippen LogP contribution in [0.4, 0.5) is 10.5 Å². The van der Waals surface area contributed by atoms with E-state index in [0.717, 1.165) is 37.3 Å². The normalized spacial score (nSPS) is 14.3. The molecule has 1 aliphatic rings. The van der Waals surface area contributed by atoms with Gasteiger partial charge in [0.05, 0.1) is 6.61 Å². The summed E-state index contributed by atoms with van der Waals surface area (Å²) in [6, 6.07) is 18.5. The van der Waals surface area contributed by atoms with E-state index in [4.69, 9.17) is 4.74 Å². The molecular formula is C21H27N3O2. The molecule has 0 radical (unpaired) electrons. The average Bonchev–Trinajstić information content (AvgIpc) is 2.72. The lowest BCUT2D eigenvalue weighted by Gasteiger charge is -2.36. The number of rotatable bonds is 6. The fourth-order valence-electron chi connectivity index (χ4n) is 3.17. The zero-order chi connectivity index (χ0) is 18.2. The highest BCUT2D eigenvalue weighted by atomic mass is 16.5. The maximum atomic E-state index is 12.5. The quantitative estimate of drug-likeness (QED) is 0.867. The molecule has 3 rings (SSSR count). The van der Waals surface area contributed by atoms with Crippen molar-refractivity contribution < 1.29 is 9.53 Å². The first-order chi connectivity index (χ1) is 12.8. The van der Waals surface area contributed by atoms with Crippen LogP contribution >= 0.6 is 0 Å². The number of hydrogen-bond acceptors (Lipinski definition) is 3. The highest BCUT2D eigenvalue weighted by Gasteiger charge is 2.21. The summed E-state index contributed by atoms with van der Waals surface area (Å²) in [5, 5.41) is 3.05. The van der Waals surface area contributed by atoms with E-state index in [2.05, 4.69) is 28.4 Å². The van der Waals surface area contributed by atoms with Gasteiger partial charge in [-0.2, -0.15) is 0 Å². The minimum Gasteiger partial charge on any atom is -0.377 e.